The summed E-state index contributed by atoms with van der Waals surface area (Å²) < 4.78 is -2.24. The van der Waals surface area contributed by atoms with Gasteiger partial charge in [0.25, 0.3) is 9.70 Å². The van der Waals surface area contributed by atoms with Gasteiger partial charge in [0.2, 0.25) is 11.8 Å². The number of hydrogen-bond donors (Lipinski definition) is 1. The van der Waals surface area contributed by atoms with E-state index < -0.39 is 15.6 Å². The fourth-order valence-corrected chi connectivity index (χ4v) is 2.24. The molecule has 0 bridgehead atoms. The Hall–Kier alpha value is -1.01. The number of imide groups is 1. The molecular weight excluding hydrogens is 362 g/mol. The standard InChI is InChI=1S/C12H8Cl4N2O3/c13-7-1-2-8-6(3-7)4-10(20)18(8)5-9(19)17-11(21)12(14,15)16/h1-3H,4-5H2,(H,17,19,21). The van der Waals surface area contributed by atoms with Gasteiger partial charge in [-0.3, -0.25) is 19.7 Å². The number of anilines is 1. The van der Waals surface area contributed by atoms with E-state index in [1.165, 1.54) is 4.90 Å². The number of hydrogen-bond acceptors (Lipinski definition) is 3. The third-order valence-electron chi connectivity index (χ3n) is 2.79. The summed E-state index contributed by atoms with van der Waals surface area (Å²) in [6, 6.07) is 4.89. The maximum absolute atomic E-state index is 11.9. The number of carbonyl (C=O) groups excluding carboxylic acids is 3. The molecule has 1 aliphatic rings. The SMILES string of the molecule is O=C(CN1C(=O)Cc2cc(Cl)ccc21)NC(=O)C(Cl)(Cl)Cl. The first-order valence-electron chi connectivity index (χ1n) is 5.68. The topological polar surface area (TPSA) is 66.5 Å². The number of fused-ring (bicyclic) bond motifs is 1. The van der Waals surface area contributed by atoms with E-state index in [2.05, 4.69) is 0 Å². The molecule has 1 aliphatic heterocycles. The van der Waals surface area contributed by atoms with Gasteiger partial charge in [-0.2, -0.15) is 0 Å². The summed E-state index contributed by atoms with van der Waals surface area (Å²) in [5.41, 5.74) is 1.29. The lowest BCUT2D eigenvalue weighted by atomic mass is 10.2. The molecular formula is C12H8Cl4N2O3. The summed E-state index contributed by atoms with van der Waals surface area (Å²) >= 11 is 21.9. The van der Waals surface area contributed by atoms with E-state index in [-0.39, 0.29) is 18.9 Å². The smallest absolute Gasteiger partial charge is 0.278 e. The second-order valence-corrected chi connectivity index (χ2v) is 7.02. The molecule has 0 atom stereocenters. The number of carbonyl (C=O) groups is 3. The quantitative estimate of drug-likeness (QED) is 0.813. The van der Waals surface area contributed by atoms with E-state index in [0.717, 1.165) is 0 Å². The number of benzene rings is 1. The molecule has 112 valence electrons. The minimum Gasteiger partial charge on any atom is -0.302 e. The predicted octanol–water partition coefficient (Wildman–Crippen LogP) is 2.24. The van der Waals surface area contributed by atoms with Crippen LogP contribution in [0.2, 0.25) is 5.02 Å². The van der Waals surface area contributed by atoms with Gasteiger partial charge in [0.05, 0.1) is 6.42 Å². The van der Waals surface area contributed by atoms with E-state index in [9.17, 15) is 14.4 Å². The highest BCUT2D eigenvalue weighted by Gasteiger charge is 2.34. The first-order chi connectivity index (χ1) is 9.68. The van der Waals surface area contributed by atoms with Crippen molar-refractivity contribution in [1.29, 1.82) is 0 Å². The van der Waals surface area contributed by atoms with Crippen molar-refractivity contribution >= 4 is 69.8 Å². The van der Waals surface area contributed by atoms with E-state index in [1.54, 1.807) is 18.2 Å². The summed E-state index contributed by atoms with van der Waals surface area (Å²) in [4.78, 5) is 36.3. The van der Waals surface area contributed by atoms with Gasteiger partial charge in [-0.05, 0) is 23.8 Å². The summed E-state index contributed by atoms with van der Waals surface area (Å²) in [6.45, 7) is -0.347. The van der Waals surface area contributed by atoms with Crippen LogP contribution < -0.4 is 10.2 Å². The first-order valence-corrected chi connectivity index (χ1v) is 7.19. The van der Waals surface area contributed by atoms with Crippen LogP contribution in [0.4, 0.5) is 5.69 Å². The predicted molar refractivity (Wildman–Crippen MR) is 80.9 cm³/mol. The molecule has 1 aromatic rings. The molecule has 1 N–H and O–H groups in total. The zero-order chi connectivity index (χ0) is 15.8. The zero-order valence-corrected chi connectivity index (χ0v) is 13.4. The minimum absolute atomic E-state index is 0.140. The molecule has 1 heterocycles. The molecule has 0 saturated heterocycles. The van der Waals surface area contributed by atoms with Crippen molar-refractivity contribution < 1.29 is 14.4 Å². The van der Waals surface area contributed by atoms with Crippen molar-refractivity contribution in [3.05, 3.63) is 28.8 Å². The molecule has 0 fully saturated rings. The van der Waals surface area contributed by atoms with Crippen molar-refractivity contribution in [2.24, 2.45) is 0 Å². The third kappa shape index (κ3) is 3.80. The molecule has 0 saturated carbocycles. The Morgan fingerprint density at radius 1 is 1.29 bits per heavy atom. The van der Waals surface area contributed by atoms with Crippen LogP contribution in [0, 0.1) is 0 Å². The number of rotatable bonds is 2. The van der Waals surface area contributed by atoms with E-state index in [1.807, 2.05) is 5.32 Å². The number of nitrogens with zero attached hydrogens (tertiary/aromatic N) is 1. The zero-order valence-electron chi connectivity index (χ0n) is 10.3. The highest BCUT2D eigenvalue weighted by Crippen LogP contribution is 2.31. The molecule has 1 aromatic carbocycles. The first kappa shape index (κ1) is 16.4. The average Bonchev–Trinajstić information content (AvgIpc) is 2.63. The molecule has 3 amide bonds. The van der Waals surface area contributed by atoms with Crippen molar-refractivity contribution in [2.75, 3.05) is 11.4 Å². The molecule has 5 nitrogen and oxygen atoms in total. The van der Waals surface area contributed by atoms with Crippen molar-refractivity contribution in [3.63, 3.8) is 0 Å². The Bertz CT molecular complexity index is 627. The lowest BCUT2D eigenvalue weighted by molar-refractivity contribution is -0.130. The lowest BCUT2D eigenvalue weighted by Gasteiger charge is -2.17. The largest absolute Gasteiger partial charge is 0.302 e. The van der Waals surface area contributed by atoms with Crippen molar-refractivity contribution in [2.45, 2.75) is 10.2 Å². The van der Waals surface area contributed by atoms with Crippen LogP contribution in [0.25, 0.3) is 0 Å². The Labute approximate surface area is 140 Å². The van der Waals surface area contributed by atoms with Gasteiger partial charge in [-0.25, -0.2) is 0 Å². The van der Waals surface area contributed by atoms with Gasteiger partial charge in [0.15, 0.2) is 0 Å². The van der Waals surface area contributed by atoms with Crippen LogP contribution >= 0.6 is 46.4 Å². The minimum atomic E-state index is -2.24. The molecule has 0 spiro atoms. The second-order valence-electron chi connectivity index (χ2n) is 4.30. The average molecular weight is 370 g/mol. The van der Waals surface area contributed by atoms with Gasteiger partial charge in [-0.15, -0.1) is 0 Å². The van der Waals surface area contributed by atoms with Crippen LogP contribution in [0.1, 0.15) is 5.56 Å². The van der Waals surface area contributed by atoms with E-state index >= 15 is 0 Å². The van der Waals surface area contributed by atoms with Gasteiger partial charge >= 0.3 is 0 Å². The van der Waals surface area contributed by atoms with Crippen LogP contribution in [0.3, 0.4) is 0 Å². The molecule has 0 radical (unpaired) electrons. The third-order valence-corrected chi connectivity index (χ3v) is 3.54. The summed E-state index contributed by atoms with van der Waals surface area (Å²) in [5.74, 6) is -2.09. The summed E-state index contributed by atoms with van der Waals surface area (Å²) in [7, 11) is 0. The maximum atomic E-state index is 11.9. The Kier molecular flexibility index (Phi) is 4.68. The molecule has 2 rings (SSSR count). The highest BCUT2D eigenvalue weighted by atomic mass is 35.6. The van der Waals surface area contributed by atoms with Gasteiger partial charge in [0.1, 0.15) is 6.54 Å². The Morgan fingerprint density at radius 2 is 1.95 bits per heavy atom. The van der Waals surface area contributed by atoms with Crippen molar-refractivity contribution in [3.8, 4) is 0 Å². The van der Waals surface area contributed by atoms with Gasteiger partial charge in [-0.1, -0.05) is 46.4 Å². The summed E-state index contributed by atoms with van der Waals surface area (Å²) in [6.07, 6.45) is 0.140. The fraction of sp³-hybridized carbons (Fsp3) is 0.250. The summed E-state index contributed by atoms with van der Waals surface area (Å²) in [5, 5.41) is 2.42. The highest BCUT2D eigenvalue weighted by molar-refractivity contribution is 6.76. The number of halogens is 4. The maximum Gasteiger partial charge on any atom is 0.278 e. The van der Waals surface area contributed by atoms with E-state index in [0.29, 0.717) is 16.3 Å². The van der Waals surface area contributed by atoms with Crippen LogP contribution in [0.15, 0.2) is 18.2 Å². The molecule has 21 heavy (non-hydrogen) atoms. The van der Waals surface area contributed by atoms with Crippen LogP contribution in [-0.2, 0) is 20.8 Å². The number of nitrogens with one attached hydrogen (secondary N) is 1. The molecule has 0 unspecified atom stereocenters. The van der Waals surface area contributed by atoms with Gasteiger partial charge in [0, 0.05) is 10.7 Å². The second kappa shape index (κ2) is 6.01. The van der Waals surface area contributed by atoms with Gasteiger partial charge < -0.3 is 4.90 Å². The van der Waals surface area contributed by atoms with Crippen molar-refractivity contribution in [1.82, 2.24) is 5.32 Å². The monoisotopic (exact) mass is 368 g/mol. The molecule has 0 aromatic heterocycles. The fourth-order valence-electron chi connectivity index (χ4n) is 1.91. The number of alkyl halides is 3. The van der Waals surface area contributed by atoms with E-state index in [4.69, 9.17) is 46.4 Å². The lowest BCUT2D eigenvalue weighted by Crippen LogP contribution is -2.45. The normalized spacial score (nSPS) is 14.1. The Balaban J connectivity index is 2.09. The molecule has 9 heteroatoms. The number of amides is 3. The Morgan fingerprint density at radius 3 is 2.57 bits per heavy atom. The van der Waals surface area contributed by atoms with Crippen LogP contribution in [-0.4, -0.2) is 28.1 Å². The van der Waals surface area contributed by atoms with Crippen LogP contribution in [0.5, 0.6) is 0 Å². The molecule has 0 aliphatic carbocycles.